The van der Waals surface area contributed by atoms with Crippen LogP contribution in [0.3, 0.4) is 0 Å². The van der Waals surface area contributed by atoms with Crippen LogP contribution in [0.1, 0.15) is 56.5 Å². The number of unbranched alkanes of at least 4 members (excludes halogenated alkanes) is 2. The van der Waals surface area contributed by atoms with Crippen LogP contribution in [-0.4, -0.2) is 47.7 Å². The molecule has 2 unspecified atom stereocenters. The Balaban J connectivity index is 2.02. The monoisotopic (exact) mass is 350 g/mol. The van der Waals surface area contributed by atoms with Gasteiger partial charge in [0.15, 0.2) is 5.84 Å². The number of aromatic nitrogens is 1. The molecule has 1 aliphatic rings. The third kappa shape index (κ3) is 5.68. The highest BCUT2D eigenvalue weighted by molar-refractivity contribution is 6.05. The molecule has 1 amide bonds. The van der Waals surface area contributed by atoms with Crippen LogP contribution in [0, 0.1) is 0 Å². The maximum Gasteiger partial charge on any atom is 0.435 e. The second kappa shape index (κ2) is 9.95. The zero-order valence-electron chi connectivity index (χ0n) is 14.5. The van der Waals surface area contributed by atoms with Gasteiger partial charge in [0.1, 0.15) is 0 Å². The molecule has 4 N–H and O–H groups in total. The van der Waals surface area contributed by atoms with Gasteiger partial charge in [-0.25, -0.2) is 9.79 Å². The van der Waals surface area contributed by atoms with Gasteiger partial charge in [0.2, 0.25) is 0 Å². The summed E-state index contributed by atoms with van der Waals surface area (Å²) in [5.41, 5.74) is 6.76. The van der Waals surface area contributed by atoms with Gasteiger partial charge in [-0.05, 0) is 31.4 Å². The summed E-state index contributed by atoms with van der Waals surface area (Å²) in [7, 11) is 0. The number of H-pyrrole nitrogens is 1. The molecule has 138 valence electrons. The fraction of sp³-hybridized carbons (Fsp3) is 0.588. The van der Waals surface area contributed by atoms with Crippen molar-refractivity contribution in [1.29, 1.82) is 0 Å². The quantitative estimate of drug-likeness (QED) is 0.395. The first-order valence-corrected chi connectivity index (χ1v) is 8.63. The Morgan fingerprint density at radius 2 is 2.32 bits per heavy atom. The number of carbonyl (C=O) groups excluding carboxylic acids is 1. The minimum Gasteiger partial charge on any atom is -0.448 e. The number of hydrogen-bond acceptors (Lipinski definition) is 4. The lowest BCUT2D eigenvalue weighted by Gasteiger charge is -2.10. The molecule has 1 aliphatic heterocycles. The molecule has 0 radical (unpaired) electrons. The predicted octanol–water partition coefficient (Wildman–Crippen LogP) is 2.29. The van der Waals surface area contributed by atoms with E-state index in [1.807, 2.05) is 6.07 Å². The SMILES string of the molecule is CCCCCOC(=O)/N=C(\N=CN)c1ccc(C2CCC(CO)O2)[nH]1. The molecule has 25 heavy (non-hydrogen) atoms. The number of aliphatic hydroxyl groups is 1. The summed E-state index contributed by atoms with van der Waals surface area (Å²) in [6.07, 6.45) is 4.63. The number of ether oxygens (including phenoxy) is 2. The van der Waals surface area contributed by atoms with E-state index < -0.39 is 6.09 Å². The topological polar surface area (TPSA) is 122 Å². The molecule has 2 atom stereocenters. The molecule has 0 saturated carbocycles. The highest BCUT2D eigenvalue weighted by Gasteiger charge is 2.27. The first-order chi connectivity index (χ1) is 12.2. The maximum atomic E-state index is 11.8. The number of amides is 1. The Morgan fingerprint density at radius 3 is 3.00 bits per heavy atom. The van der Waals surface area contributed by atoms with Gasteiger partial charge in [-0.15, -0.1) is 0 Å². The van der Waals surface area contributed by atoms with Crippen LogP contribution in [0.15, 0.2) is 22.1 Å². The lowest BCUT2D eigenvalue weighted by molar-refractivity contribution is 0.00943. The fourth-order valence-corrected chi connectivity index (χ4v) is 2.66. The van der Waals surface area contributed by atoms with Crippen molar-refractivity contribution >= 4 is 18.3 Å². The largest absolute Gasteiger partial charge is 0.448 e. The number of rotatable bonds is 7. The summed E-state index contributed by atoms with van der Waals surface area (Å²) in [5, 5.41) is 9.16. The van der Waals surface area contributed by atoms with Gasteiger partial charge in [0, 0.05) is 5.69 Å². The smallest absolute Gasteiger partial charge is 0.435 e. The van der Waals surface area contributed by atoms with Crippen LogP contribution < -0.4 is 5.73 Å². The van der Waals surface area contributed by atoms with Crippen molar-refractivity contribution in [3.8, 4) is 0 Å². The highest BCUT2D eigenvalue weighted by atomic mass is 16.5. The number of aliphatic imine (C=N–C) groups is 2. The molecule has 1 saturated heterocycles. The normalized spacial score (nSPS) is 21.1. The minimum atomic E-state index is -0.690. The number of amidine groups is 1. The summed E-state index contributed by atoms with van der Waals surface area (Å²) in [6.45, 7) is 2.43. The molecular weight excluding hydrogens is 324 g/mol. The highest BCUT2D eigenvalue weighted by Crippen LogP contribution is 2.32. The van der Waals surface area contributed by atoms with Crippen LogP contribution in [0.2, 0.25) is 0 Å². The van der Waals surface area contributed by atoms with Gasteiger partial charge in [-0.1, -0.05) is 19.8 Å². The van der Waals surface area contributed by atoms with E-state index in [0.29, 0.717) is 12.3 Å². The Kier molecular flexibility index (Phi) is 7.62. The van der Waals surface area contributed by atoms with E-state index in [9.17, 15) is 4.79 Å². The standard InChI is InChI=1S/C17H26N4O4/c1-2-3-4-9-24-17(23)21-16(19-11-18)14-7-6-13(20-14)15-8-5-12(10-22)25-15/h6-7,11-12,15,20,22H,2-5,8-10H2,1H3,(H2,18,19,21,23). The average Bonchev–Trinajstić information content (AvgIpc) is 3.27. The minimum absolute atomic E-state index is 0.0120. The van der Waals surface area contributed by atoms with Crippen molar-refractivity contribution in [2.75, 3.05) is 13.2 Å². The Labute approximate surface area is 147 Å². The van der Waals surface area contributed by atoms with Crippen molar-refractivity contribution < 1.29 is 19.4 Å². The molecule has 2 rings (SSSR count). The van der Waals surface area contributed by atoms with Gasteiger partial charge in [0.25, 0.3) is 0 Å². The van der Waals surface area contributed by atoms with Gasteiger partial charge >= 0.3 is 6.09 Å². The number of aliphatic hydroxyl groups excluding tert-OH is 1. The number of aromatic amines is 1. The van der Waals surface area contributed by atoms with Crippen molar-refractivity contribution in [3.63, 3.8) is 0 Å². The second-order valence-corrected chi connectivity index (χ2v) is 5.87. The van der Waals surface area contributed by atoms with E-state index in [-0.39, 0.29) is 24.7 Å². The molecule has 0 spiro atoms. The number of hydrogen-bond donors (Lipinski definition) is 3. The van der Waals surface area contributed by atoms with E-state index in [0.717, 1.165) is 44.1 Å². The van der Waals surface area contributed by atoms with Crippen molar-refractivity contribution in [2.45, 2.75) is 51.2 Å². The molecule has 0 aliphatic carbocycles. The Morgan fingerprint density at radius 1 is 1.48 bits per heavy atom. The zero-order chi connectivity index (χ0) is 18.1. The number of carbonyl (C=O) groups is 1. The molecule has 0 aromatic carbocycles. The number of nitrogens with two attached hydrogens (primary N) is 1. The van der Waals surface area contributed by atoms with Crippen LogP contribution in [0.4, 0.5) is 4.79 Å². The van der Waals surface area contributed by atoms with Gasteiger partial charge in [-0.3, -0.25) is 0 Å². The summed E-state index contributed by atoms with van der Waals surface area (Å²) < 4.78 is 10.8. The fourth-order valence-electron chi connectivity index (χ4n) is 2.66. The third-order valence-corrected chi connectivity index (χ3v) is 3.97. The van der Waals surface area contributed by atoms with E-state index in [4.69, 9.17) is 20.3 Å². The summed E-state index contributed by atoms with van der Waals surface area (Å²) in [4.78, 5) is 22.8. The van der Waals surface area contributed by atoms with Crippen molar-refractivity contribution in [1.82, 2.24) is 4.98 Å². The zero-order valence-corrected chi connectivity index (χ0v) is 14.5. The third-order valence-electron chi connectivity index (χ3n) is 3.97. The van der Waals surface area contributed by atoms with Crippen molar-refractivity contribution in [3.05, 3.63) is 23.5 Å². The molecule has 8 heteroatoms. The van der Waals surface area contributed by atoms with Gasteiger partial charge in [-0.2, -0.15) is 4.99 Å². The Hall–Kier alpha value is -2.19. The molecule has 8 nitrogen and oxygen atoms in total. The molecule has 2 heterocycles. The second-order valence-electron chi connectivity index (χ2n) is 5.87. The molecule has 1 fully saturated rings. The van der Waals surface area contributed by atoms with E-state index in [2.05, 4.69) is 21.9 Å². The summed E-state index contributed by atoms with van der Waals surface area (Å²) in [6, 6.07) is 3.62. The van der Waals surface area contributed by atoms with Gasteiger partial charge < -0.3 is 25.3 Å². The predicted molar refractivity (Wildman–Crippen MR) is 94.8 cm³/mol. The van der Waals surface area contributed by atoms with E-state index in [1.165, 1.54) is 0 Å². The van der Waals surface area contributed by atoms with Crippen LogP contribution in [0.5, 0.6) is 0 Å². The summed E-state index contributed by atoms with van der Waals surface area (Å²) >= 11 is 0. The molecule has 0 bridgehead atoms. The number of nitrogens with zero attached hydrogens (tertiary/aromatic N) is 2. The van der Waals surface area contributed by atoms with E-state index in [1.54, 1.807) is 6.07 Å². The molecule has 1 aromatic rings. The van der Waals surface area contributed by atoms with Crippen molar-refractivity contribution in [2.24, 2.45) is 15.7 Å². The number of nitrogens with one attached hydrogen (secondary N) is 1. The molecular formula is C17H26N4O4. The molecule has 1 aromatic heterocycles. The van der Waals surface area contributed by atoms with Crippen LogP contribution in [0.25, 0.3) is 0 Å². The summed E-state index contributed by atoms with van der Waals surface area (Å²) in [5.74, 6) is 0.158. The first-order valence-electron chi connectivity index (χ1n) is 8.63. The van der Waals surface area contributed by atoms with Crippen LogP contribution in [-0.2, 0) is 9.47 Å². The van der Waals surface area contributed by atoms with Gasteiger partial charge in [0.05, 0.1) is 37.5 Å². The maximum absolute atomic E-state index is 11.8. The first kappa shape index (κ1) is 19.1. The average molecular weight is 350 g/mol. The van der Waals surface area contributed by atoms with Crippen LogP contribution >= 0.6 is 0 Å². The Bertz CT molecular complexity index is 612. The lowest BCUT2D eigenvalue weighted by atomic mass is 10.1. The lowest BCUT2D eigenvalue weighted by Crippen LogP contribution is -2.11. The van der Waals surface area contributed by atoms with E-state index >= 15 is 0 Å².